The molecule has 0 bridgehead atoms. The summed E-state index contributed by atoms with van der Waals surface area (Å²) in [7, 11) is -2.10. The zero-order valence-corrected chi connectivity index (χ0v) is 12.8. The molecular formula is C13H16ClN3O2S. The molecule has 0 saturated carbocycles. The number of hydrogen-bond acceptors (Lipinski definition) is 3. The van der Waals surface area contributed by atoms with Gasteiger partial charge in [0.15, 0.2) is 0 Å². The maximum atomic E-state index is 12.3. The second kappa shape index (κ2) is 5.95. The van der Waals surface area contributed by atoms with Crippen molar-refractivity contribution in [1.29, 1.82) is 0 Å². The van der Waals surface area contributed by atoms with E-state index < -0.39 is 10.0 Å². The molecule has 0 fully saturated rings. The van der Waals surface area contributed by atoms with Crippen LogP contribution in [0.15, 0.2) is 41.7 Å². The van der Waals surface area contributed by atoms with Crippen LogP contribution in [0.3, 0.4) is 0 Å². The van der Waals surface area contributed by atoms with Crippen molar-refractivity contribution in [2.75, 3.05) is 0 Å². The van der Waals surface area contributed by atoms with Crippen LogP contribution in [-0.4, -0.2) is 18.0 Å². The van der Waals surface area contributed by atoms with Crippen molar-refractivity contribution in [2.45, 2.75) is 24.4 Å². The fourth-order valence-corrected chi connectivity index (χ4v) is 3.63. The molecule has 0 radical (unpaired) electrons. The molecule has 108 valence electrons. The van der Waals surface area contributed by atoms with Gasteiger partial charge in [-0.2, -0.15) is 0 Å². The van der Waals surface area contributed by atoms with E-state index in [1.165, 1.54) is 10.9 Å². The van der Waals surface area contributed by atoms with Gasteiger partial charge >= 0.3 is 0 Å². The monoisotopic (exact) mass is 313 g/mol. The van der Waals surface area contributed by atoms with Crippen LogP contribution >= 0.6 is 11.6 Å². The van der Waals surface area contributed by atoms with Crippen LogP contribution in [0.1, 0.15) is 24.9 Å². The van der Waals surface area contributed by atoms with Crippen LogP contribution in [0, 0.1) is 0 Å². The lowest BCUT2D eigenvalue weighted by molar-refractivity contribution is 0.547. The Hall–Kier alpha value is -1.37. The highest BCUT2D eigenvalue weighted by Crippen LogP contribution is 2.23. The number of halogens is 1. The number of hydrogen-bond donors (Lipinski definition) is 1. The Morgan fingerprint density at radius 2 is 2.00 bits per heavy atom. The lowest BCUT2D eigenvalue weighted by Gasteiger charge is -2.16. The van der Waals surface area contributed by atoms with E-state index in [4.69, 9.17) is 11.6 Å². The molecule has 7 heteroatoms. The van der Waals surface area contributed by atoms with Crippen LogP contribution in [0.2, 0.25) is 5.15 Å². The first kappa shape index (κ1) is 15.0. The summed E-state index contributed by atoms with van der Waals surface area (Å²) >= 11 is 5.95. The quantitative estimate of drug-likeness (QED) is 0.922. The molecule has 0 amide bonds. The second-order valence-electron chi connectivity index (χ2n) is 4.44. The molecule has 1 heterocycles. The summed E-state index contributed by atoms with van der Waals surface area (Å²) in [5.41, 5.74) is 0.908. The molecule has 0 spiro atoms. The number of rotatable bonds is 5. The average molecular weight is 314 g/mol. The largest absolute Gasteiger partial charge is 0.324 e. The molecule has 0 aliphatic rings. The molecule has 2 rings (SSSR count). The van der Waals surface area contributed by atoms with E-state index in [9.17, 15) is 8.42 Å². The van der Waals surface area contributed by atoms with Crippen molar-refractivity contribution >= 4 is 21.6 Å². The summed E-state index contributed by atoms with van der Waals surface area (Å²) in [6, 6.07) is 9.10. The zero-order valence-electron chi connectivity index (χ0n) is 11.2. The predicted molar refractivity (Wildman–Crippen MR) is 78.0 cm³/mol. The number of nitrogens with zero attached hydrogens (tertiary/aromatic N) is 2. The third-order valence-electron chi connectivity index (χ3n) is 3.00. The first-order chi connectivity index (χ1) is 9.45. The molecule has 0 aliphatic heterocycles. The molecule has 2 aromatic rings. The maximum Gasteiger partial charge on any atom is 0.261 e. The molecular weight excluding hydrogens is 298 g/mol. The molecule has 20 heavy (non-hydrogen) atoms. The van der Waals surface area contributed by atoms with Crippen LogP contribution in [0.5, 0.6) is 0 Å². The van der Waals surface area contributed by atoms with Crippen molar-refractivity contribution in [1.82, 2.24) is 14.3 Å². The third-order valence-corrected chi connectivity index (χ3v) is 4.96. The van der Waals surface area contributed by atoms with Crippen LogP contribution in [-0.2, 0) is 17.1 Å². The Bertz CT molecular complexity index is 683. The van der Waals surface area contributed by atoms with Gasteiger partial charge in [-0.25, -0.2) is 18.1 Å². The highest BCUT2D eigenvalue weighted by Gasteiger charge is 2.25. The van der Waals surface area contributed by atoms with E-state index in [2.05, 4.69) is 9.71 Å². The molecule has 1 aromatic carbocycles. The topological polar surface area (TPSA) is 64.0 Å². The predicted octanol–water partition coefficient (Wildman–Crippen LogP) is 2.50. The van der Waals surface area contributed by atoms with Gasteiger partial charge in [0.25, 0.3) is 10.0 Å². The average Bonchev–Trinajstić information content (AvgIpc) is 2.78. The normalized spacial score (nSPS) is 13.3. The standard InChI is InChI=1S/C13H16ClN3O2S/c1-3-11(10-7-5-4-6-8-10)16-20(18,19)13-12(14)17(2)9-15-13/h4-9,11,16H,3H2,1-2H3. The first-order valence-electron chi connectivity index (χ1n) is 6.19. The molecule has 1 aromatic heterocycles. The zero-order chi connectivity index (χ0) is 14.8. The van der Waals surface area contributed by atoms with Crippen LogP contribution < -0.4 is 4.72 Å². The maximum absolute atomic E-state index is 12.3. The summed E-state index contributed by atoms with van der Waals surface area (Å²) in [5, 5.41) is -0.0449. The van der Waals surface area contributed by atoms with E-state index in [-0.39, 0.29) is 16.2 Å². The van der Waals surface area contributed by atoms with E-state index in [0.717, 1.165) is 5.56 Å². The number of aryl methyl sites for hydroxylation is 1. The van der Waals surface area contributed by atoms with Crippen molar-refractivity contribution in [2.24, 2.45) is 7.05 Å². The Kier molecular flexibility index (Phi) is 4.47. The Balaban J connectivity index is 2.30. The lowest BCUT2D eigenvalue weighted by atomic mass is 10.1. The number of nitrogens with one attached hydrogen (secondary N) is 1. The lowest BCUT2D eigenvalue weighted by Crippen LogP contribution is -2.28. The number of aromatic nitrogens is 2. The van der Waals surface area contributed by atoms with E-state index in [1.54, 1.807) is 7.05 Å². The molecule has 0 aliphatic carbocycles. The highest BCUT2D eigenvalue weighted by atomic mass is 35.5. The summed E-state index contributed by atoms with van der Waals surface area (Å²) < 4.78 is 28.8. The van der Waals surface area contributed by atoms with Gasteiger partial charge in [0, 0.05) is 13.1 Å². The van der Waals surface area contributed by atoms with Crippen molar-refractivity contribution < 1.29 is 8.42 Å². The first-order valence-corrected chi connectivity index (χ1v) is 8.06. The molecule has 5 nitrogen and oxygen atoms in total. The SMILES string of the molecule is CCC(NS(=O)(=O)c1ncn(C)c1Cl)c1ccccc1. The van der Waals surface area contributed by atoms with Gasteiger partial charge < -0.3 is 4.57 Å². The van der Waals surface area contributed by atoms with E-state index in [0.29, 0.717) is 6.42 Å². The Morgan fingerprint density at radius 3 is 2.50 bits per heavy atom. The Morgan fingerprint density at radius 1 is 1.35 bits per heavy atom. The molecule has 0 saturated heterocycles. The van der Waals surface area contributed by atoms with Gasteiger partial charge in [-0.3, -0.25) is 0 Å². The summed E-state index contributed by atoms with van der Waals surface area (Å²) in [6.07, 6.45) is 2.01. The molecule has 1 atom stereocenters. The van der Waals surface area contributed by atoms with Gasteiger partial charge in [-0.1, -0.05) is 48.9 Å². The minimum atomic E-state index is -3.74. The van der Waals surface area contributed by atoms with Crippen molar-refractivity contribution in [3.05, 3.63) is 47.4 Å². The van der Waals surface area contributed by atoms with Gasteiger partial charge in [0.05, 0.1) is 6.33 Å². The van der Waals surface area contributed by atoms with Crippen LogP contribution in [0.25, 0.3) is 0 Å². The highest BCUT2D eigenvalue weighted by molar-refractivity contribution is 7.89. The smallest absolute Gasteiger partial charge is 0.261 e. The molecule has 1 unspecified atom stereocenters. The van der Waals surface area contributed by atoms with E-state index >= 15 is 0 Å². The van der Waals surface area contributed by atoms with Gasteiger partial charge in [0.2, 0.25) is 5.03 Å². The van der Waals surface area contributed by atoms with Crippen molar-refractivity contribution in [3.8, 4) is 0 Å². The summed E-state index contributed by atoms with van der Waals surface area (Å²) in [4.78, 5) is 3.85. The van der Waals surface area contributed by atoms with Crippen molar-refractivity contribution in [3.63, 3.8) is 0 Å². The minimum absolute atomic E-state index is 0.0976. The second-order valence-corrected chi connectivity index (χ2v) is 6.43. The van der Waals surface area contributed by atoms with Gasteiger partial charge in [-0.15, -0.1) is 0 Å². The van der Waals surface area contributed by atoms with Gasteiger partial charge in [0.1, 0.15) is 5.15 Å². The minimum Gasteiger partial charge on any atom is -0.324 e. The number of benzene rings is 1. The summed E-state index contributed by atoms with van der Waals surface area (Å²) in [5.74, 6) is 0. The third kappa shape index (κ3) is 3.03. The fourth-order valence-electron chi connectivity index (χ4n) is 1.89. The number of sulfonamides is 1. The van der Waals surface area contributed by atoms with Crippen LogP contribution in [0.4, 0.5) is 0 Å². The van der Waals surface area contributed by atoms with Gasteiger partial charge in [-0.05, 0) is 12.0 Å². The molecule has 1 N–H and O–H groups in total. The summed E-state index contributed by atoms with van der Waals surface area (Å²) in [6.45, 7) is 1.92. The Labute approximate surface area is 123 Å². The van der Waals surface area contributed by atoms with E-state index in [1.807, 2.05) is 37.3 Å². The number of imidazole rings is 1. The fraction of sp³-hybridized carbons (Fsp3) is 0.308.